The van der Waals surface area contributed by atoms with Crippen LogP contribution in [0.3, 0.4) is 0 Å². The van der Waals surface area contributed by atoms with Gasteiger partial charge < -0.3 is 0 Å². The van der Waals surface area contributed by atoms with Gasteiger partial charge in [0.15, 0.2) is 0 Å². The number of hydrogen-bond donors (Lipinski definition) is 0. The van der Waals surface area contributed by atoms with E-state index in [-0.39, 0.29) is 5.41 Å². The summed E-state index contributed by atoms with van der Waals surface area (Å²) in [4.78, 5) is 0. The van der Waals surface area contributed by atoms with Crippen molar-refractivity contribution in [1.29, 1.82) is 0 Å². The van der Waals surface area contributed by atoms with E-state index >= 15 is 0 Å². The van der Waals surface area contributed by atoms with Gasteiger partial charge in [0, 0.05) is 0 Å². The fourth-order valence-corrected chi connectivity index (χ4v) is 2.22. The Hall–Kier alpha value is -1.04. The smallest absolute Gasteiger partial charge is 0.00578 e. The molecule has 1 aromatic carbocycles. The van der Waals surface area contributed by atoms with Crippen molar-refractivity contribution in [3.05, 3.63) is 40.5 Å². The second-order valence-electron chi connectivity index (χ2n) is 5.70. The lowest BCUT2D eigenvalue weighted by molar-refractivity contribution is 0.589. The van der Waals surface area contributed by atoms with Gasteiger partial charge in [-0.2, -0.15) is 0 Å². The minimum Gasteiger partial charge on any atom is -0.0654 e. The molecule has 1 aliphatic carbocycles. The van der Waals surface area contributed by atoms with Gasteiger partial charge in [-0.3, -0.25) is 0 Å². The van der Waals surface area contributed by atoms with E-state index in [4.69, 9.17) is 0 Å². The zero-order valence-electron chi connectivity index (χ0n) is 10.4. The van der Waals surface area contributed by atoms with E-state index in [2.05, 4.69) is 52.8 Å². The zero-order valence-corrected chi connectivity index (χ0v) is 10.4. The van der Waals surface area contributed by atoms with Gasteiger partial charge in [-0.1, -0.05) is 44.5 Å². The van der Waals surface area contributed by atoms with Crippen LogP contribution in [0.25, 0.3) is 5.57 Å². The van der Waals surface area contributed by atoms with E-state index in [1.807, 2.05) is 0 Å². The summed E-state index contributed by atoms with van der Waals surface area (Å²) >= 11 is 0. The van der Waals surface area contributed by atoms with Gasteiger partial charge >= 0.3 is 0 Å². The number of fused-ring (bicyclic) bond motifs is 1. The molecule has 0 N–H and O–H groups in total. The summed E-state index contributed by atoms with van der Waals surface area (Å²) in [5.41, 5.74) is 7.68. The zero-order chi connectivity index (χ0) is 11.2. The molecule has 0 bridgehead atoms. The molecule has 0 unspecified atom stereocenters. The van der Waals surface area contributed by atoms with Gasteiger partial charge in [-0.25, -0.2) is 0 Å². The van der Waals surface area contributed by atoms with Gasteiger partial charge in [0.25, 0.3) is 0 Å². The Bertz CT molecular complexity index is 428. The molecule has 15 heavy (non-hydrogen) atoms. The summed E-state index contributed by atoms with van der Waals surface area (Å²) in [6.45, 7) is 11.3. The van der Waals surface area contributed by atoms with Crippen LogP contribution in [0, 0.1) is 0 Å². The quantitative estimate of drug-likeness (QED) is 0.584. The first-order chi connectivity index (χ1) is 6.89. The van der Waals surface area contributed by atoms with E-state index in [1.165, 1.54) is 27.8 Å². The first-order valence-electron chi connectivity index (χ1n) is 5.70. The van der Waals surface area contributed by atoms with E-state index in [0.29, 0.717) is 0 Å². The average molecular weight is 200 g/mol. The standard InChI is InChI=1S/C15H20/c1-10-8-12-9-13(15(3,4)5)6-7-14(12)11(10)2/h6-7,9H,8H2,1-5H3. The van der Waals surface area contributed by atoms with Gasteiger partial charge in [0.05, 0.1) is 0 Å². The number of rotatable bonds is 0. The van der Waals surface area contributed by atoms with Crippen LogP contribution in [0.1, 0.15) is 51.3 Å². The largest absolute Gasteiger partial charge is 0.0654 e. The van der Waals surface area contributed by atoms with Gasteiger partial charge in [0.2, 0.25) is 0 Å². The van der Waals surface area contributed by atoms with Crippen molar-refractivity contribution >= 4 is 5.57 Å². The Balaban J connectivity index is 2.47. The highest BCUT2D eigenvalue weighted by atomic mass is 14.2. The molecule has 0 heteroatoms. The molecule has 1 aromatic rings. The highest BCUT2D eigenvalue weighted by Crippen LogP contribution is 2.35. The van der Waals surface area contributed by atoms with Crippen LogP contribution in [0.4, 0.5) is 0 Å². The first kappa shape index (κ1) is 10.5. The Kier molecular flexibility index (Phi) is 2.26. The monoisotopic (exact) mass is 200 g/mol. The molecule has 0 fully saturated rings. The van der Waals surface area contributed by atoms with Crippen molar-refractivity contribution in [2.75, 3.05) is 0 Å². The Morgan fingerprint density at radius 1 is 1.07 bits per heavy atom. The molecule has 80 valence electrons. The van der Waals surface area contributed by atoms with Crippen LogP contribution in [0.2, 0.25) is 0 Å². The molecule has 0 aromatic heterocycles. The second-order valence-corrected chi connectivity index (χ2v) is 5.70. The van der Waals surface area contributed by atoms with Crippen molar-refractivity contribution in [2.45, 2.75) is 46.5 Å². The third-order valence-corrected chi connectivity index (χ3v) is 3.47. The molecule has 0 saturated heterocycles. The maximum absolute atomic E-state index is 2.38. The molecule has 1 aliphatic rings. The molecule has 0 spiro atoms. The normalized spacial score (nSPS) is 15.8. The molecule has 0 aliphatic heterocycles. The Morgan fingerprint density at radius 2 is 1.73 bits per heavy atom. The van der Waals surface area contributed by atoms with Crippen LogP contribution in [-0.4, -0.2) is 0 Å². The fraction of sp³-hybridized carbons (Fsp3) is 0.467. The Morgan fingerprint density at radius 3 is 2.33 bits per heavy atom. The topological polar surface area (TPSA) is 0 Å². The summed E-state index contributed by atoms with van der Waals surface area (Å²) in [5, 5.41) is 0. The van der Waals surface area contributed by atoms with Crippen LogP contribution < -0.4 is 0 Å². The van der Waals surface area contributed by atoms with Gasteiger partial charge in [-0.05, 0) is 47.9 Å². The van der Waals surface area contributed by atoms with E-state index in [1.54, 1.807) is 0 Å². The molecule has 0 radical (unpaired) electrons. The third kappa shape index (κ3) is 1.73. The minimum absolute atomic E-state index is 0.263. The highest BCUT2D eigenvalue weighted by Gasteiger charge is 2.19. The fourth-order valence-electron chi connectivity index (χ4n) is 2.22. The van der Waals surface area contributed by atoms with Crippen molar-refractivity contribution in [2.24, 2.45) is 0 Å². The summed E-state index contributed by atoms with van der Waals surface area (Å²) in [6, 6.07) is 6.96. The summed E-state index contributed by atoms with van der Waals surface area (Å²) in [6.07, 6.45) is 1.14. The number of hydrogen-bond acceptors (Lipinski definition) is 0. The molecule has 0 saturated carbocycles. The summed E-state index contributed by atoms with van der Waals surface area (Å²) in [7, 11) is 0. The van der Waals surface area contributed by atoms with Crippen LogP contribution in [-0.2, 0) is 11.8 Å². The molecule has 0 nitrogen and oxygen atoms in total. The molecular formula is C15H20. The van der Waals surface area contributed by atoms with E-state index < -0.39 is 0 Å². The lowest BCUT2D eigenvalue weighted by Crippen LogP contribution is -2.11. The molecule has 0 atom stereocenters. The maximum atomic E-state index is 2.38. The van der Waals surface area contributed by atoms with Crippen molar-refractivity contribution in [1.82, 2.24) is 0 Å². The average Bonchev–Trinajstić information content (AvgIpc) is 2.41. The van der Waals surface area contributed by atoms with Crippen LogP contribution in [0.15, 0.2) is 23.8 Å². The third-order valence-electron chi connectivity index (χ3n) is 3.47. The lowest BCUT2D eigenvalue weighted by Gasteiger charge is -2.20. The molecule has 2 rings (SSSR count). The van der Waals surface area contributed by atoms with Crippen molar-refractivity contribution in [3.8, 4) is 0 Å². The van der Waals surface area contributed by atoms with Crippen molar-refractivity contribution in [3.63, 3.8) is 0 Å². The van der Waals surface area contributed by atoms with E-state index in [0.717, 1.165) is 6.42 Å². The van der Waals surface area contributed by atoms with Crippen molar-refractivity contribution < 1.29 is 0 Å². The molecule has 0 heterocycles. The summed E-state index contributed by atoms with van der Waals surface area (Å²) in [5.74, 6) is 0. The highest BCUT2D eigenvalue weighted by molar-refractivity contribution is 5.74. The molecule has 0 amide bonds. The minimum atomic E-state index is 0.263. The predicted octanol–water partition coefficient (Wildman–Crippen LogP) is 4.33. The summed E-state index contributed by atoms with van der Waals surface area (Å²) < 4.78 is 0. The second kappa shape index (κ2) is 3.23. The maximum Gasteiger partial charge on any atom is -0.00578 e. The Labute approximate surface area is 93.0 Å². The first-order valence-corrected chi connectivity index (χ1v) is 5.70. The van der Waals surface area contributed by atoms with E-state index in [9.17, 15) is 0 Å². The van der Waals surface area contributed by atoms with Crippen LogP contribution >= 0.6 is 0 Å². The SMILES string of the molecule is CC1=C(C)c2ccc(C(C)(C)C)cc2C1. The van der Waals surface area contributed by atoms with Gasteiger partial charge in [0.1, 0.15) is 0 Å². The number of allylic oxidation sites excluding steroid dienone is 2. The lowest BCUT2D eigenvalue weighted by atomic mass is 9.85. The predicted molar refractivity (Wildman–Crippen MR) is 67.1 cm³/mol. The molecular weight excluding hydrogens is 180 g/mol. The van der Waals surface area contributed by atoms with Gasteiger partial charge in [-0.15, -0.1) is 0 Å². The number of benzene rings is 1. The van der Waals surface area contributed by atoms with Crippen LogP contribution in [0.5, 0.6) is 0 Å².